The maximum absolute atomic E-state index is 13.0. The van der Waals surface area contributed by atoms with Crippen LogP contribution in [0.5, 0.6) is 0 Å². The normalized spacial score (nSPS) is 10.3. The lowest BCUT2D eigenvalue weighted by Gasteiger charge is -2.06. The number of nitrogens with one attached hydrogen (secondary N) is 1. The van der Waals surface area contributed by atoms with E-state index in [9.17, 15) is 14.0 Å². The third-order valence-electron chi connectivity index (χ3n) is 3.60. The molecule has 0 unspecified atom stereocenters. The number of amides is 1. The lowest BCUT2D eigenvalue weighted by atomic mass is 10.2. The molecule has 3 rings (SSSR count). The Bertz CT molecular complexity index is 891. The molecular formula is C20H16FNO3S. The molecule has 0 saturated heterocycles. The minimum absolute atomic E-state index is 0.313. The molecule has 1 amide bonds. The second-order valence-electron chi connectivity index (χ2n) is 5.51. The summed E-state index contributed by atoms with van der Waals surface area (Å²) < 4.78 is 18.0. The van der Waals surface area contributed by atoms with Gasteiger partial charge < -0.3 is 10.1 Å². The molecule has 2 aromatic carbocycles. The molecule has 4 nitrogen and oxygen atoms in total. The predicted molar refractivity (Wildman–Crippen MR) is 98.3 cm³/mol. The summed E-state index contributed by atoms with van der Waals surface area (Å²) >= 11 is 1.23. The Balaban J connectivity index is 1.50. The van der Waals surface area contributed by atoms with Crippen molar-refractivity contribution in [2.45, 2.75) is 6.54 Å². The maximum atomic E-state index is 13.0. The fourth-order valence-electron chi connectivity index (χ4n) is 2.27. The van der Waals surface area contributed by atoms with E-state index in [1.54, 1.807) is 24.3 Å². The molecule has 132 valence electrons. The first-order valence-corrected chi connectivity index (χ1v) is 8.77. The van der Waals surface area contributed by atoms with E-state index in [1.807, 2.05) is 30.3 Å². The Morgan fingerprint density at radius 3 is 2.42 bits per heavy atom. The topological polar surface area (TPSA) is 55.4 Å². The SMILES string of the molecule is O=C(COC(=O)c1ccc(-c2ccc(F)cc2)s1)NCc1ccccc1. The Labute approximate surface area is 154 Å². The molecule has 0 saturated carbocycles. The molecule has 0 aliphatic rings. The first kappa shape index (κ1) is 17.8. The van der Waals surface area contributed by atoms with E-state index in [0.29, 0.717) is 11.4 Å². The number of carbonyl (C=O) groups excluding carboxylic acids is 2. The molecule has 0 fully saturated rings. The van der Waals surface area contributed by atoms with E-state index >= 15 is 0 Å². The standard InChI is InChI=1S/C20H16FNO3S/c21-16-8-6-15(7-9-16)17-10-11-18(26-17)20(24)25-13-19(23)22-12-14-4-2-1-3-5-14/h1-11H,12-13H2,(H,22,23). The lowest BCUT2D eigenvalue weighted by molar-refractivity contribution is -0.124. The van der Waals surface area contributed by atoms with Crippen LogP contribution < -0.4 is 5.32 Å². The molecule has 0 aliphatic carbocycles. The molecule has 1 N–H and O–H groups in total. The van der Waals surface area contributed by atoms with Gasteiger partial charge in [0, 0.05) is 11.4 Å². The fourth-order valence-corrected chi connectivity index (χ4v) is 3.17. The van der Waals surface area contributed by atoms with Gasteiger partial charge in [-0.1, -0.05) is 42.5 Å². The second-order valence-corrected chi connectivity index (χ2v) is 6.59. The van der Waals surface area contributed by atoms with Crippen LogP contribution in [-0.4, -0.2) is 18.5 Å². The van der Waals surface area contributed by atoms with E-state index in [4.69, 9.17) is 4.74 Å². The molecule has 3 aromatic rings. The number of rotatable bonds is 6. The van der Waals surface area contributed by atoms with Crippen LogP contribution in [0.15, 0.2) is 66.7 Å². The number of thiophene rings is 1. The summed E-state index contributed by atoms with van der Waals surface area (Å²) in [5, 5.41) is 2.69. The third kappa shape index (κ3) is 4.77. The molecule has 0 spiro atoms. The van der Waals surface area contributed by atoms with E-state index < -0.39 is 5.97 Å². The molecule has 0 bridgehead atoms. The molecule has 1 heterocycles. The van der Waals surface area contributed by atoms with Crippen molar-refractivity contribution in [2.75, 3.05) is 6.61 Å². The summed E-state index contributed by atoms with van der Waals surface area (Å²) in [6.45, 7) is 0.0421. The zero-order valence-electron chi connectivity index (χ0n) is 13.8. The minimum Gasteiger partial charge on any atom is -0.451 e. The van der Waals surface area contributed by atoms with Crippen LogP contribution in [0, 0.1) is 5.82 Å². The van der Waals surface area contributed by atoms with Crippen LogP contribution in [0.1, 0.15) is 15.2 Å². The number of benzene rings is 2. The highest BCUT2D eigenvalue weighted by Gasteiger charge is 2.13. The highest BCUT2D eigenvalue weighted by atomic mass is 32.1. The number of hydrogen-bond donors (Lipinski definition) is 1. The molecule has 1 aromatic heterocycles. The fraction of sp³-hybridized carbons (Fsp3) is 0.100. The Morgan fingerprint density at radius 2 is 1.69 bits per heavy atom. The highest BCUT2D eigenvalue weighted by molar-refractivity contribution is 7.17. The van der Waals surface area contributed by atoms with Gasteiger partial charge in [-0.3, -0.25) is 4.79 Å². The average Bonchev–Trinajstić information content (AvgIpc) is 3.16. The molecular weight excluding hydrogens is 353 g/mol. The van der Waals surface area contributed by atoms with Crippen LogP contribution in [0.4, 0.5) is 4.39 Å². The van der Waals surface area contributed by atoms with Crippen LogP contribution >= 0.6 is 11.3 Å². The van der Waals surface area contributed by atoms with Gasteiger partial charge in [0.05, 0.1) is 0 Å². The molecule has 0 atom stereocenters. The van der Waals surface area contributed by atoms with Gasteiger partial charge in [-0.2, -0.15) is 0 Å². The zero-order valence-corrected chi connectivity index (χ0v) is 14.6. The number of halogens is 1. The van der Waals surface area contributed by atoms with Crippen molar-refractivity contribution in [1.82, 2.24) is 5.32 Å². The summed E-state index contributed by atoms with van der Waals surface area (Å²) in [4.78, 5) is 25.1. The molecule has 26 heavy (non-hydrogen) atoms. The van der Waals surface area contributed by atoms with Gasteiger partial charge in [0.25, 0.3) is 5.91 Å². The number of esters is 1. The molecule has 0 radical (unpaired) electrons. The van der Waals surface area contributed by atoms with Crippen molar-refractivity contribution < 1.29 is 18.7 Å². The second kappa shape index (κ2) is 8.40. The van der Waals surface area contributed by atoms with E-state index in [2.05, 4.69) is 5.32 Å². The number of ether oxygens (including phenoxy) is 1. The Morgan fingerprint density at radius 1 is 0.962 bits per heavy atom. The van der Waals surface area contributed by atoms with Crippen molar-refractivity contribution in [1.29, 1.82) is 0 Å². The summed E-state index contributed by atoms with van der Waals surface area (Å²) in [5.74, 6) is -1.23. The smallest absolute Gasteiger partial charge is 0.348 e. The van der Waals surface area contributed by atoms with Crippen molar-refractivity contribution in [2.24, 2.45) is 0 Å². The average molecular weight is 369 g/mol. The van der Waals surface area contributed by atoms with Crippen molar-refractivity contribution in [3.05, 3.63) is 83.0 Å². The lowest BCUT2D eigenvalue weighted by Crippen LogP contribution is -2.28. The summed E-state index contributed by atoms with van der Waals surface area (Å²) in [5.41, 5.74) is 1.78. The third-order valence-corrected chi connectivity index (χ3v) is 4.72. The van der Waals surface area contributed by atoms with Gasteiger partial charge in [-0.15, -0.1) is 11.3 Å². The van der Waals surface area contributed by atoms with E-state index in [1.165, 1.54) is 23.5 Å². The van der Waals surface area contributed by atoms with Gasteiger partial charge in [0.2, 0.25) is 0 Å². The van der Waals surface area contributed by atoms with Crippen molar-refractivity contribution in [3.8, 4) is 10.4 Å². The molecule has 6 heteroatoms. The number of hydrogen-bond acceptors (Lipinski definition) is 4. The van der Waals surface area contributed by atoms with Gasteiger partial charge in [-0.25, -0.2) is 9.18 Å². The summed E-state index contributed by atoms with van der Waals surface area (Å²) in [7, 11) is 0. The minimum atomic E-state index is -0.557. The van der Waals surface area contributed by atoms with Crippen LogP contribution in [-0.2, 0) is 16.1 Å². The molecule has 0 aliphatic heterocycles. The van der Waals surface area contributed by atoms with E-state index in [-0.39, 0.29) is 18.3 Å². The quantitative estimate of drug-likeness (QED) is 0.668. The van der Waals surface area contributed by atoms with Gasteiger partial charge in [-0.05, 0) is 35.4 Å². The van der Waals surface area contributed by atoms with Crippen LogP contribution in [0.25, 0.3) is 10.4 Å². The van der Waals surface area contributed by atoms with Crippen molar-refractivity contribution in [3.63, 3.8) is 0 Å². The Kier molecular flexibility index (Phi) is 5.76. The zero-order chi connectivity index (χ0) is 18.4. The summed E-state index contributed by atoms with van der Waals surface area (Å²) in [6, 6.07) is 18.9. The summed E-state index contributed by atoms with van der Waals surface area (Å²) in [6.07, 6.45) is 0. The highest BCUT2D eigenvalue weighted by Crippen LogP contribution is 2.28. The van der Waals surface area contributed by atoms with Crippen molar-refractivity contribution >= 4 is 23.2 Å². The predicted octanol–water partition coefficient (Wildman–Crippen LogP) is 4.03. The van der Waals surface area contributed by atoms with Gasteiger partial charge in [0.1, 0.15) is 10.7 Å². The monoisotopic (exact) mass is 369 g/mol. The first-order chi connectivity index (χ1) is 12.6. The Hall–Kier alpha value is -2.99. The number of carbonyl (C=O) groups is 2. The van der Waals surface area contributed by atoms with Gasteiger partial charge >= 0.3 is 5.97 Å². The maximum Gasteiger partial charge on any atom is 0.348 e. The van der Waals surface area contributed by atoms with Crippen LogP contribution in [0.2, 0.25) is 0 Å². The largest absolute Gasteiger partial charge is 0.451 e. The van der Waals surface area contributed by atoms with E-state index in [0.717, 1.165) is 16.0 Å². The van der Waals surface area contributed by atoms with Gasteiger partial charge in [0.15, 0.2) is 6.61 Å². The first-order valence-electron chi connectivity index (χ1n) is 7.95. The van der Waals surface area contributed by atoms with Crippen LogP contribution in [0.3, 0.4) is 0 Å².